The van der Waals surface area contributed by atoms with Gasteiger partial charge in [0.05, 0.1) is 12.9 Å². The van der Waals surface area contributed by atoms with E-state index in [1.165, 1.54) is 10.9 Å². The SMILES string of the molecule is Nc1nc(NC2CC2)c2ncn(CC(CF)OCP(=O)(O)O)c2n1. The summed E-state index contributed by atoms with van der Waals surface area (Å²) in [5.41, 5.74) is 6.63. The van der Waals surface area contributed by atoms with Gasteiger partial charge in [-0.3, -0.25) is 4.57 Å². The number of nitrogen functional groups attached to an aromatic ring is 1. The number of halogens is 1. The van der Waals surface area contributed by atoms with Crippen LogP contribution in [0.2, 0.25) is 0 Å². The van der Waals surface area contributed by atoms with Crippen LogP contribution in [0.25, 0.3) is 11.2 Å². The van der Waals surface area contributed by atoms with E-state index in [0.29, 0.717) is 23.0 Å². The number of rotatable bonds is 8. The van der Waals surface area contributed by atoms with E-state index in [2.05, 4.69) is 20.3 Å². The van der Waals surface area contributed by atoms with Crippen LogP contribution in [-0.2, 0) is 15.8 Å². The minimum Gasteiger partial charge on any atom is -0.368 e. The van der Waals surface area contributed by atoms with Crippen molar-refractivity contribution in [2.45, 2.75) is 31.5 Å². The second kappa shape index (κ2) is 6.60. The molecule has 132 valence electrons. The molecule has 12 heteroatoms. The van der Waals surface area contributed by atoms with Crippen LogP contribution < -0.4 is 11.1 Å². The van der Waals surface area contributed by atoms with Gasteiger partial charge in [-0.15, -0.1) is 0 Å². The van der Waals surface area contributed by atoms with Gasteiger partial charge in [0.1, 0.15) is 19.1 Å². The van der Waals surface area contributed by atoms with Gasteiger partial charge < -0.3 is 30.1 Å². The summed E-state index contributed by atoms with van der Waals surface area (Å²) < 4.78 is 30.4. The monoisotopic (exact) mass is 360 g/mol. The molecule has 0 saturated heterocycles. The average molecular weight is 360 g/mol. The molecule has 5 N–H and O–H groups in total. The summed E-state index contributed by atoms with van der Waals surface area (Å²) in [5, 5.41) is 3.21. The van der Waals surface area contributed by atoms with Crippen molar-refractivity contribution in [1.82, 2.24) is 19.5 Å². The van der Waals surface area contributed by atoms with Gasteiger partial charge in [0.25, 0.3) is 0 Å². The number of nitrogens with two attached hydrogens (primary N) is 1. The predicted molar refractivity (Wildman–Crippen MR) is 84.1 cm³/mol. The van der Waals surface area contributed by atoms with Crippen LogP contribution in [0, 0.1) is 0 Å². The maximum Gasteiger partial charge on any atom is 0.350 e. The van der Waals surface area contributed by atoms with E-state index in [9.17, 15) is 8.96 Å². The molecule has 24 heavy (non-hydrogen) atoms. The second-order valence-electron chi connectivity index (χ2n) is 5.65. The van der Waals surface area contributed by atoms with Crippen molar-refractivity contribution in [3.63, 3.8) is 0 Å². The zero-order valence-corrected chi connectivity index (χ0v) is 13.6. The molecule has 2 aromatic heterocycles. The fraction of sp³-hybridized carbons (Fsp3) is 0.583. The lowest BCUT2D eigenvalue weighted by molar-refractivity contribution is 0.0445. The summed E-state index contributed by atoms with van der Waals surface area (Å²) >= 11 is 0. The summed E-state index contributed by atoms with van der Waals surface area (Å²) in [6, 6.07) is 0.345. The Bertz CT molecular complexity index is 776. The van der Waals surface area contributed by atoms with Crippen molar-refractivity contribution in [2.75, 3.05) is 24.1 Å². The molecule has 1 fully saturated rings. The van der Waals surface area contributed by atoms with E-state index in [0.717, 1.165) is 12.8 Å². The number of nitrogens with zero attached hydrogens (tertiary/aromatic N) is 4. The van der Waals surface area contributed by atoms with Crippen LogP contribution in [0.15, 0.2) is 6.33 Å². The van der Waals surface area contributed by atoms with Crippen LogP contribution in [0.5, 0.6) is 0 Å². The molecule has 1 unspecified atom stereocenters. The molecule has 0 bridgehead atoms. The number of hydrogen-bond acceptors (Lipinski definition) is 7. The van der Waals surface area contributed by atoms with Crippen molar-refractivity contribution >= 4 is 30.5 Å². The predicted octanol–water partition coefficient (Wildman–Crippen LogP) is 0.473. The van der Waals surface area contributed by atoms with E-state index >= 15 is 0 Å². The Morgan fingerprint density at radius 2 is 2.25 bits per heavy atom. The highest BCUT2D eigenvalue weighted by atomic mass is 31.2. The molecule has 0 aromatic carbocycles. The van der Waals surface area contributed by atoms with Gasteiger partial charge in [-0.2, -0.15) is 9.97 Å². The van der Waals surface area contributed by atoms with Crippen LogP contribution >= 0.6 is 7.60 Å². The summed E-state index contributed by atoms with van der Waals surface area (Å²) in [4.78, 5) is 30.1. The molecule has 3 rings (SSSR count). The first-order chi connectivity index (χ1) is 11.4. The zero-order chi connectivity index (χ0) is 17.3. The molecule has 1 saturated carbocycles. The number of fused-ring (bicyclic) bond motifs is 1. The maximum atomic E-state index is 13.1. The number of ether oxygens (including phenoxy) is 1. The molecule has 2 heterocycles. The topological polar surface area (TPSA) is 148 Å². The Hall–Kier alpha value is -1.81. The lowest BCUT2D eigenvalue weighted by Gasteiger charge is -2.16. The molecule has 0 aliphatic heterocycles. The molecule has 0 amide bonds. The Kier molecular flexibility index (Phi) is 4.68. The van der Waals surface area contributed by atoms with Gasteiger partial charge >= 0.3 is 7.60 Å². The summed E-state index contributed by atoms with van der Waals surface area (Å²) in [5.74, 6) is 0.576. The molecule has 0 radical (unpaired) electrons. The van der Waals surface area contributed by atoms with Crippen molar-refractivity contribution in [2.24, 2.45) is 0 Å². The van der Waals surface area contributed by atoms with Crippen LogP contribution in [-0.4, -0.2) is 54.5 Å². The minimum atomic E-state index is -4.36. The van der Waals surface area contributed by atoms with Crippen LogP contribution in [0.1, 0.15) is 12.8 Å². The van der Waals surface area contributed by atoms with Crippen molar-refractivity contribution < 1.29 is 23.5 Å². The molecule has 2 aromatic rings. The lowest BCUT2D eigenvalue weighted by Crippen LogP contribution is -2.23. The fourth-order valence-corrected chi connectivity index (χ4v) is 2.59. The molecular weight excluding hydrogens is 342 g/mol. The van der Waals surface area contributed by atoms with Crippen LogP contribution in [0.3, 0.4) is 0 Å². The third-order valence-electron chi connectivity index (χ3n) is 3.45. The number of aromatic nitrogens is 4. The first kappa shape index (κ1) is 17.0. The smallest absolute Gasteiger partial charge is 0.350 e. The van der Waals surface area contributed by atoms with E-state index < -0.39 is 26.7 Å². The number of hydrogen-bond donors (Lipinski definition) is 4. The van der Waals surface area contributed by atoms with E-state index in [4.69, 9.17) is 20.3 Å². The molecule has 1 atom stereocenters. The highest BCUT2D eigenvalue weighted by Gasteiger charge is 2.24. The Labute approximate surface area is 136 Å². The first-order valence-electron chi connectivity index (χ1n) is 7.33. The van der Waals surface area contributed by atoms with Crippen molar-refractivity contribution in [3.05, 3.63) is 6.33 Å². The minimum absolute atomic E-state index is 0.00762. The standard InChI is InChI=1S/C12H18FN6O4P/c13-3-8(23-6-24(20,21)22)4-19-5-15-9-10(16-7-1-2-7)17-12(14)18-11(9)19/h5,7-8H,1-4,6H2,(H2,20,21,22)(H3,14,16,17,18). The normalized spacial score (nSPS) is 16.5. The molecule has 1 aliphatic rings. The summed E-state index contributed by atoms with van der Waals surface area (Å²) in [7, 11) is -4.36. The Morgan fingerprint density at radius 1 is 1.50 bits per heavy atom. The lowest BCUT2D eigenvalue weighted by atomic mass is 10.4. The summed E-state index contributed by atoms with van der Waals surface area (Å²) in [6.45, 7) is -0.917. The van der Waals surface area contributed by atoms with Crippen molar-refractivity contribution in [3.8, 4) is 0 Å². The quantitative estimate of drug-likeness (QED) is 0.493. The van der Waals surface area contributed by atoms with Gasteiger partial charge in [-0.1, -0.05) is 0 Å². The van der Waals surface area contributed by atoms with Gasteiger partial charge in [-0.25, -0.2) is 9.37 Å². The largest absolute Gasteiger partial charge is 0.368 e. The second-order valence-corrected chi connectivity index (χ2v) is 7.24. The number of alkyl halides is 1. The molecule has 0 spiro atoms. The van der Waals surface area contributed by atoms with Gasteiger partial charge in [-0.05, 0) is 12.8 Å². The maximum absolute atomic E-state index is 13.1. The van der Waals surface area contributed by atoms with E-state index in [-0.39, 0.29) is 12.5 Å². The Morgan fingerprint density at radius 3 is 2.88 bits per heavy atom. The first-order valence-corrected chi connectivity index (χ1v) is 9.12. The van der Waals surface area contributed by atoms with Gasteiger partial charge in [0.15, 0.2) is 17.0 Å². The number of imidazole rings is 1. The molecule has 10 nitrogen and oxygen atoms in total. The zero-order valence-electron chi connectivity index (χ0n) is 12.7. The fourth-order valence-electron chi connectivity index (χ4n) is 2.18. The highest BCUT2D eigenvalue weighted by Crippen LogP contribution is 2.34. The molecule has 1 aliphatic carbocycles. The van der Waals surface area contributed by atoms with Crippen molar-refractivity contribution in [1.29, 1.82) is 0 Å². The van der Waals surface area contributed by atoms with Gasteiger partial charge in [0.2, 0.25) is 5.95 Å². The highest BCUT2D eigenvalue weighted by molar-refractivity contribution is 7.51. The van der Waals surface area contributed by atoms with Crippen LogP contribution in [0.4, 0.5) is 16.2 Å². The number of anilines is 2. The third kappa shape index (κ3) is 4.18. The van der Waals surface area contributed by atoms with E-state index in [1.807, 2.05) is 0 Å². The third-order valence-corrected chi connectivity index (χ3v) is 3.94. The number of nitrogens with one attached hydrogen (secondary N) is 1. The molecular formula is C12H18FN6O4P. The van der Waals surface area contributed by atoms with Gasteiger partial charge in [0, 0.05) is 6.04 Å². The average Bonchev–Trinajstić information content (AvgIpc) is 3.22. The Balaban J connectivity index is 1.81. The van der Waals surface area contributed by atoms with E-state index in [1.54, 1.807) is 0 Å². The summed E-state index contributed by atoms with van der Waals surface area (Å²) in [6.07, 6.45) is 1.66.